The van der Waals surface area contributed by atoms with E-state index in [4.69, 9.17) is 0 Å². The lowest BCUT2D eigenvalue weighted by molar-refractivity contribution is -0.119. The standard InChI is InChI=1S/C18H26N4O3S/c1-10(2)7-12-8-19-16-14(17(24)22(6)18(25)21(16)5)15(12)26-9-13(23)20-11(3)4/h8,10-11H,7,9H2,1-6H3,(H,20,23). The summed E-state index contributed by atoms with van der Waals surface area (Å²) < 4.78 is 2.45. The van der Waals surface area contributed by atoms with Crippen molar-refractivity contribution in [2.75, 3.05) is 5.75 Å². The van der Waals surface area contributed by atoms with Gasteiger partial charge in [0.2, 0.25) is 5.91 Å². The fourth-order valence-electron chi connectivity index (χ4n) is 2.79. The van der Waals surface area contributed by atoms with Crippen molar-refractivity contribution in [3.8, 4) is 0 Å². The highest BCUT2D eigenvalue weighted by molar-refractivity contribution is 8.00. The van der Waals surface area contributed by atoms with Gasteiger partial charge < -0.3 is 5.32 Å². The molecule has 0 unspecified atom stereocenters. The smallest absolute Gasteiger partial charge is 0.332 e. The number of rotatable bonds is 6. The number of hydrogen-bond acceptors (Lipinski definition) is 5. The minimum absolute atomic E-state index is 0.0566. The Balaban J connectivity index is 2.64. The lowest BCUT2D eigenvalue weighted by Crippen LogP contribution is -2.37. The van der Waals surface area contributed by atoms with Gasteiger partial charge in [0.05, 0.1) is 11.1 Å². The van der Waals surface area contributed by atoms with Crippen LogP contribution in [-0.2, 0) is 25.3 Å². The third kappa shape index (κ3) is 4.17. The second kappa shape index (κ2) is 8.07. The van der Waals surface area contributed by atoms with Crippen LogP contribution in [0, 0.1) is 5.92 Å². The van der Waals surface area contributed by atoms with E-state index in [2.05, 4.69) is 24.1 Å². The monoisotopic (exact) mass is 378 g/mol. The van der Waals surface area contributed by atoms with Gasteiger partial charge in [0.1, 0.15) is 5.65 Å². The number of aromatic nitrogens is 3. The topological polar surface area (TPSA) is 86.0 Å². The number of hydrogen-bond donors (Lipinski definition) is 1. The van der Waals surface area contributed by atoms with Crippen molar-refractivity contribution in [3.05, 3.63) is 32.6 Å². The Bertz CT molecular complexity index is 944. The molecule has 0 aliphatic rings. The average Bonchev–Trinajstić information content (AvgIpc) is 2.55. The summed E-state index contributed by atoms with van der Waals surface area (Å²) in [4.78, 5) is 42.1. The van der Waals surface area contributed by atoms with Crippen LogP contribution in [0.15, 0.2) is 20.7 Å². The van der Waals surface area contributed by atoms with Crippen LogP contribution in [0.1, 0.15) is 33.3 Å². The van der Waals surface area contributed by atoms with Gasteiger partial charge >= 0.3 is 5.69 Å². The van der Waals surface area contributed by atoms with E-state index in [9.17, 15) is 14.4 Å². The molecule has 7 nitrogen and oxygen atoms in total. The van der Waals surface area contributed by atoms with Crippen molar-refractivity contribution in [1.29, 1.82) is 0 Å². The zero-order valence-corrected chi connectivity index (χ0v) is 16.9. The summed E-state index contributed by atoms with van der Waals surface area (Å²) in [5, 5.41) is 3.25. The van der Waals surface area contributed by atoms with E-state index in [-0.39, 0.29) is 23.3 Å². The Hall–Kier alpha value is -2.09. The maximum Gasteiger partial charge on any atom is 0.332 e. The van der Waals surface area contributed by atoms with Crippen LogP contribution in [0.5, 0.6) is 0 Å². The Morgan fingerprint density at radius 1 is 1.19 bits per heavy atom. The van der Waals surface area contributed by atoms with E-state index < -0.39 is 5.69 Å². The molecular weight excluding hydrogens is 352 g/mol. The summed E-state index contributed by atoms with van der Waals surface area (Å²) in [6, 6.07) is 0.0566. The first-order valence-electron chi connectivity index (χ1n) is 8.63. The van der Waals surface area contributed by atoms with Crippen LogP contribution in [0.4, 0.5) is 0 Å². The van der Waals surface area contributed by atoms with Crippen molar-refractivity contribution in [2.45, 2.75) is 45.1 Å². The molecule has 0 aliphatic heterocycles. The third-order valence-corrected chi connectivity index (χ3v) is 5.08. The molecule has 0 saturated carbocycles. The molecular formula is C18H26N4O3S. The molecule has 0 radical (unpaired) electrons. The van der Waals surface area contributed by atoms with Crippen molar-refractivity contribution < 1.29 is 4.79 Å². The predicted octanol–water partition coefficient (Wildman–Crippen LogP) is 1.45. The Morgan fingerprint density at radius 2 is 1.85 bits per heavy atom. The Morgan fingerprint density at radius 3 is 2.42 bits per heavy atom. The number of aryl methyl sites for hydroxylation is 1. The summed E-state index contributed by atoms with van der Waals surface area (Å²) in [6.07, 6.45) is 2.45. The molecule has 8 heteroatoms. The van der Waals surface area contributed by atoms with Gasteiger partial charge in [-0.15, -0.1) is 11.8 Å². The molecule has 0 atom stereocenters. The second-order valence-electron chi connectivity index (χ2n) is 7.13. The first-order valence-corrected chi connectivity index (χ1v) is 9.61. The van der Waals surface area contributed by atoms with Gasteiger partial charge in [0, 0.05) is 31.2 Å². The molecule has 2 rings (SSSR count). The number of pyridine rings is 1. The molecule has 26 heavy (non-hydrogen) atoms. The van der Waals surface area contributed by atoms with Gasteiger partial charge in [-0.3, -0.25) is 18.7 Å². The van der Waals surface area contributed by atoms with Crippen molar-refractivity contribution in [2.24, 2.45) is 20.0 Å². The summed E-state index contributed by atoms with van der Waals surface area (Å²) in [7, 11) is 3.05. The number of thioether (sulfide) groups is 1. The Labute approximate surface area is 156 Å². The average molecular weight is 378 g/mol. The van der Waals surface area contributed by atoms with Crippen molar-refractivity contribution in [3.63, 3.8) is 0 Å². The van der Waals surface area contributed by atoms with E-state index in [1.807, 2.05) is 13.8 Å². The third-order valence-electron chi connectivity index (χ3n) is 3.92. The van der Waals surface area contributed by atoms with E-state index in [0.29, 0.717) is 17.0 Å². The zero-order valence-electron chi connectivity index (χ0n) is 16.1. The van der Waals surface area contributed by atoms with Crippen LogP contribution in [0.2, 0.25) is 0 Å². The summed E-state index contributed by atoms with van der Waals surface area (Å²) in [6.45, 7) is 7.98. The summed E-state index contributed by atoms with van der Waals surface area (Å²) in [5.41, 5.74) is 0.469. The Kier molecular flexibility index (Phi) is 6.28. The quantitative estimate of drug-likeness (QED) is 0.769. The number of carbonyl (C=O) groups is 1. The molecule has 0 fully saturated rings. The minimum Gasteiger partial charge on any atom is -0.353 e. The minimum atomic E-state index is -0.417. The summed E-state index contributed by atoms with van der Waals surface area (Å²) in [5.74, 6) is 0.482. The van der Waals surface area contributed by atoms with Gasteiger partial charge in [0.15, 0.2) is 0 Å². The molecule has 0 aliphatic carbocycles. The van der Waals surface area contributed by atoms with Gasteiger partial charge in [-0.1, -0.05) is 13.8 Å². The normalized spacial score (nSPS) is 11.5. The number of amides is 1. The van der Waals surface area contributed by atoms with E-state index in [1.54, 1.807) is 13.2 Å². The van der Waals surface area contributed by atoms with Crippen LogP contribution in [0.25, 0.3) is 11.0 Å². The lowest BCUT2D eigenvalue weighted by atomic mass is 10.0. The maximum absolute atomic E-state index is 12.8. The predicted molar refractivity (Wildman–Crippen MR) is 105 cm³/mol. The highest BCUT2D eigenvalue weighted by Gasteiger charge is 2.19. The molecule has 1 N–H and O–H groups in total. The van der Waals surface area contributed by atoms with Crippen LogP contribution in [-0.4, -0.2) is 31.8 Å². The second-order valence-corrected chi connectivity index (χ2v) is 8.11. The fraction of sp³-hybridized carbons (Fsp3) is 0.556. The highest BCUT2D eigenvalue weighted by atomic mass is 32.2. The van der Waals surface area contributed by atoms with Crippen molar-refractivity contribution in [1.82, 2.24) is 19.4 Å². The zero-order chi connectivity index (χ0) is 19.6. The lowest BCUT2D eigenvalue weighted by Gasteiger charge is -2.16. The van der Waals surface area contributed by atoms with Crippen LogP contribution < -0.4 is 16.6 Å². The number of fused-ring (bicyclic) bond motifs is 1. The molecule has 2 aromatic rings. The molecule has 0 spiro atoms. The van der Waals surface area contributed by atoms with Crippen molar-refractivity contribution >= 4 is 28.7 Å². The maximum atomic E-state index is 12.8. The number of nitrogens with zero attached hydrogens (tertiary/aromatic N) is 3. The van der Waals surface area contributed by atoms with E-state index >= 15 is 0 Å². The van der Waals surface area contributed by atoms with Gasteiger partial charge in [-0.05, 0) is 31.7 Å². The SMILES string of the molecule is CC(C)Cc1cnc2c(c1SCC(=O)NC(C)C)c(=O)n(C)c(=O)n2C. The molecule has 0 saturated heterocycles. The number of carbonyl (C=O) groups excluding carboxylic acids is 1. The highest BCUT2D eigenvalue weighted by Crippen LogP contribution is 2.29. The molecule has 2 heterocycles. The van der Waals surface area contributed by atoms with E-state index in [1.165, 1.54) is 23.4 Å². The molecule has 1 amide bonds. The molecule has 0 aromatic carbocycles. The first-order chi connectivity index (χ1) is 12.1. The fourth-order valence-corrected chi connectivity index (χ4v) is 3.80. The van der Waals surface area contributed by atoms with Gasteiger partial charge in [0.25, 0.3) is 5.56 Å². The first kappa shape index (κ1) is 20.2. The van der Waals surface area contributed by atoms with E-state index in [0.717, 1.165) is 21.4 Å². The molecule has 2 aromatic heterocycles. The summed E-state index contributed by atoms with van der Waals surface area (Å²) >= 11 is 1.33. The van der Waals surface area contributed by atoms with Crippen LogP contribution in [0.3, 0.4) is 0 Å². The van der Waals surface area contributed by atoms with Crippen LogP contribution >= 0.6 is 11.8 Å². The molecule has 142 valence electrons. The molecule has 0 bridgehead atoms. The van der Waals surface area contributed by atoms with Gasteiger partial charge in [-0.25, -0.2) is 9.78 Å². The van der Waals surface area contributed by atoms with Gasteiger partial charge in [-0.2, -0.15) is 0 Å². The largest absolute Gasteiger partial charge is 0.353 e. The number of nitrogens with one attached hydrogen (secondary N) is 1.